The average molecular weight is 459 g/mol. The summed E-state index contributed by atoms with van der Waals surface area (Å²) >= 11 is 3.45. The lowest BCUT2D eigenvalue weighted by molar-refractivity contribution is -0.141. The van der Waals surface area contributed by atoms with Gasteiger partial charge in [-0.2, -0.15) is 0 Å². The molecule has 5 heteroatoms. The summed E-state index contributed by atoms with van der Waals surface area (Å²) in [6.45, 7) is 7.13. The molecule has 0 bridgehead atoms. The van der Waals surface area contributed by atoms with Gasteiger partial charge in [-0.1, -0.05) is 79.2 Å². The molecular formula is C24H31BrN2O2. The number of carbonyl (C=O) groups excluding carboxylic acids is 2. The van der Waals surface area contributed by atoms with Crippen LogP contribution in [0.4, 0.5) is 0 Å². The van der Waals surface area contributed by atoms with Gasteiger partial charge >= 0.3 is 0 Å². The molecule has 2 amide bonds. The number of benzene rings is 2. The number of halogens is 1. The molecule has 0 aliphatic heterocycles. The maximum Gasteiger partial charge on any atom is 0.243 e. The van der Waals surface area contributed by atoms with Gasteiger partial charge in [0.15, 0.2) is 0 Å². The van der Waals surface area contributed by atoms with Crippen LogP contribution < -0.4 is 5.32 Å². The summed E-state index contributed by atoms with van der Waals surface area (Å²) in [5, 5.41) is 3.03. The maximum absolute atomic E-state index is 13.1. The molecular weight excluding hydrogens is 428 g/mol. The minimum atomic E-state index is -0.543. The Hall–Kier alpha value is -2.14. The van der Waals surface area contributed by atoms with Gasteiger partial charge in [0, 0.05) is 30.4 Å². The predicted octanol–water partition coefficient (Wildman–Crippen LogP) is 4.96. The van der Waals surface area contributed by atoms with Gasteiger partial charge in [-0.05, 0) is 35.6 Å². The summed E-state index contributed by atoms with van der Waals surface area (Å²) in [6.07, 6.45) is 1.68. The van der Waals surface area contributed by atoms with Crippen molar-refractivity contribution < 1.29 is 9.59 Å². The number of nitrogens with one attached hydrogen (secondary N) is 1. The second kappa shape index (κ2) is 11.8. The second-order valence-corrected chi connectivity index (χ2v) is 8.66. The largest absolute Gasteiger partial charge is 0.354 e. The fourth-order valence-corrected chi connectivity index (χ4v) is 3.38. The first kappa shape index (κ1) is 23.1. The van der Waals surface area contributed by atoms with Gasteiger partial charge in [0.1, 0.15) is 6.04 Å². The lowest BCUT2D eigenvalue weighted by Gasteiger charge is -2.32. The van der Waals surface area contributed by atoms with Gasteiger partial charge in [0.05, 0.1) is 0 Å². The molecule has 0 aliphatic carbocycles. The van der Waals surface area contributed by atoms with Crippen LogP contribution in [0, 0.1) is 5.92 Å². The van der Waals surface area contributed by atoms with Crippen molar-refractivity contribution in [1.82, 2.24) is 10.2 Å². The molecule has 0 saturated heterocycles. The van der Waals surface area contributed by atoms with Crippen molar-refractivity contribution in [3.8, 4) is 0 Å². The summed E-state index contributed by atoms with van der Waals surface area (Å²) < 4.78 is 0.989. The molecule has 2 aromatic carbocycles. The van der Waals surface area contributed by atoms with Crippen molar-refractivity contribution in [2.45, 2.75) is 52.6 Å². The van der Waals surface area contributed by atoms with Crippen molar-refractivity contribution >= 4 is 27.7 Å². The average Bonchev–Trinajstić information content (AvgIpc) is 2.71. The minimum absolute atomic E-state index is 0.0102. The molecule has 2 aromatic rings. The third kappa shape index (κ3) is 7.65. The first-order chi connectivity index (χ1) is 13.9. The van der Waals surface area contributed by atoms with Crippen molar-refractivity contribution in [3.63, 3.8) is 0 Å². The van der Waals surface area contributed by atoms with Gasteiger partial charge in [-0.15, -0.1) is 0 Å². The zero-order valence-corrected chi connectivity index (χ0v) is 19.1. The Kier molecular flexibility index (Phi) is 9.39. The predicted molar refractivity (Wildman–Crippen MR) is 121 cm³/mol. The van der Waals surface area contributed by atoms with E-state index in [1.807, 2.05) is 61.5 Å². The van der Waals surface area contributed by atoms with Crippen molar-refractivity contribution in [3.05, 3.63) is 70.2 Å². The molecule has 4 nitrogen and oxygen atoms in total. The highest BCUT2D eigenvalue weighted by Crippen LogP contribution is 2.18. The minimum Gasteiger partial charge on any atom is -0.354 e. The molecule has 0 radical (unpaired) electrons. The fourth-order valence-electron chi connectivity index (χ4n) is 3.12. The highest BCUT2D eigenvalue weighted by Gasteiger charge is 2.29. The molecule has 0 fully saturated rings. The summed E-state index contributed by atoms with van der Waals surface area (Å²) in [5.41, 5.74) is 2.05. The summed E-state index contributed by atoms with van der Waals surface area (Å²) in [4.78, 5) is 27.9. The summed E-state index contributed by atoms with van der Waals surface area (Å²) in [5.74, 6) is 0.266. The number of hydrogen-bond donors (Lipinski definition) is 1. The van der Waals surface area contributed by atoms with Crippen LogP contribution in [-0.2, 0) is 22.6 Å². The number of hydrogen-bond acceptors (Lipinski definition) is 2. The van der Waals surface area contributed by atoms with E-state index in [1.54, 1.807) is 4.90 Å². The zero-order chi connectivity index (χ0) is 21.2. The third-order valence-electron chi connectivity index (χ3n) is 4.69. The van der Waals surface area contributed by atoms with E-state index in [9.17, 15) is 9.59 Å². The highest BCUT2D eigenvalue weighted by atomic mass is 79.9. The fraction of sp³-hybridized carbons (Fsp3) is 0.417. The van der Waals surface area contributed by atoms with E-state index in [4.69, 9.17) is 0 Å². The number of nitrogens with zero attached hydrogens (tertiary/aromatic N) is 1. The van der Waals surface area contributed by atoms with Crippen LogP contribution in [0.1, 0.15) is 44.7 Å². The Morgan fingerprint density at radius 2 is 1.66 bits per heavy atom. The van der Waals surface area contributed by atoms with Crippen LogP contribution in [0.2, 0.25) is 0 Å². The van der Waals surface area contributed by atoms with Gasteiger partial charge in [-0.3, -0.25) is 9.59 Å². The lowest BCUT2D eigenvalue weighted by atomic mass is 10.0. The number of amides is 2. The van der Waals surface area contributed by atoms with E-state index in [2.05, 4.69) is 35.1 Å². The van der Waals surface area contributed by atoms with Gasteiger partial charge in [-0.25, -0.2) is 0 Å². The van der Waals surface area contributed by atoms with E-state index < -0.39 is 6.04 Å². The van der Waals surface area contributed by atoms with Crippen LogP contribution in [0.15, 0.2) is 59.1 Å². The van der Waals surface area contributed by atoms with E-state index >= 15 is 0 Å². The van der Waals surface area contributed by atoms with Gasteiger partial charge < -0.3 is 10.2 Å². The Labute approximate surface area is 182 Å². The van der Waals surface area contributed by atoms with Crippen LogP contribution in [-0.4, -0.2) is 29.3 Å². The van der Waals surface area contributed by atoms with Crippen LogP contribution in [0.25, 0.3) is 0 Å². The standard InChI is InChI=1S/C24H31BrN2O2/c1-4-8-23(28)27(17-20-11-13-21(25)14-12-20)22(24(29)26-16-18(2)3)15-19-9-6-5-7-10-19/h5-7,9-14,18,22H,4,8,15-17H2,1-3H3,(H,26,29). The maximum atomic E-state index is 13.1. The molecule has 0 aromatic heterocycles. The van der Waals surface area contributed by atoms with Gasteiger partial charge in [0.25, 0.3) is 0 Å². The van der Waals surface area contributed by atoms with Crippen LogP contribution in [0.5, 0.6) is 0 Å². The summed E-state index contributed by atoms with van der Waals surface area (Å²) in [7, 11) is 0. The van der Waals surface area contributed by atoms with E-state index in [0.717, 1.165) is 22.0 Å². The first-order valence-corrected chi connectivity index (χ1v) is 11.1. The van der Waals surface area contributed by atoms with Crippen LogP contribution in [0.3, 0.4) is 0 Å². The Morgan fingerprint density at radius 3 is 2.24 bits per heavy atom. The Bertz CT molecular complexity index is 775. The topological polar surface area (TPSA) is 49.4 Å². The van der Waals surface area contributed by atoms with Crippen molar-refractivity contribution in [2.24, 2.45) is 5.92 Å². The molecule has 1 atom stereocenters. The molecule has 29 heavy (non-hydrogen) atoms. The Balaban J connectivity index is 2.33. The first-order valence-electron chi connectivity index (χ1n) is 10.3. The summed E-state index contributed by atoms with van der Waals surface area (Å²) in [6, 6.07) is 17.2. The lowest BCUT2D eigenvalue weighted by Crippen LogP contribution is -2.51. The molecule has 1 N–H and O–H groups in total. The Morgan fingerprint density at radius 1 is 1.00 bits per heavy atom. The highest BCUT2D eigenvalue weighted by molar-refractivity contribution is 9.10. The molecule has 0 spiro atoms. The van der Waals surface area contributed by atoms with Crippen molar-refractivity contribution in [2.75, 3.05) is 6.54 Å². The zero-order valence-electron chi connectivity index (χ0n) is 17.5. The van der Waals surface area contributed by atoms with Crippen LogP contribution >= 0.6 is 15.9 Å². The molecule has 1 unspecified atom stereocenters. The second-order valence-electron chi connectivity index (χ2n) is 7.74. The third-order valence-corrected chi connectivity index (χ3v) is 5.21. The van der Waals surface area contributed by atoms with E-state index in [1.165, 1.54) is 0 Å². The molecule has 0 saturated carbocycles. The molecule has 2 rings (SSSR count). The number of rotatable bonds is 10. The monoisotopic (exact) mass is 458 g/mol. The molecule has 0 aliphatic rings. The quantitative estimate of drug-likeness (QED) is 0.546. The SMILES string of the molecule is CCCC(=O)N(Cc1ccc(Br)cc1)C(Cc1ccccc1)C(=O)NCC(C)C. The van der Waals surface area contributed by atoms with Gasteiger partial charge in [0.2, 0.25) is 11.8 Å². The smallest absolute Gasteiger partial charge is 0.243 e. The number of carbonyl (C=O) groups is 2. The van der Waals surface area contributed by atoms with E-state index in [0.29, 0.717) is 31.8 Å². The van der Waals surface area contributed by atoms with Crippen molar-refractivity contribution in [1.29, 1.82) is 0 Å². The normalized spacial score (nSPS) is 11.9. The molecule has 156 valence electrons. The molecule has 0 heterocycles. The van der Waals surface area contributed by atoms with E-state index in [-0.39, 0.29) is 11.8 Å².